The molecular formula is C13H17N5O. The van der Waals surface area contributed by atoms with Gasteiger partial charge in [0.2, 0.25) is 5.91 Å². The maximum atomic E-state index is 11.6. The molecule has 6 heteroatoms. The molecule has 6 nitrogen and oxygen atoms in total. The van der Waals surface area contributed by atoms with E-state index >= 15 is 0 Å². The van der Waals surface area contributed by atoms with E-state index < -0.39 is 0 Å². The van der Waals surface area contributed by atoms with E-state index in [1.54, 1.807) is 36.4 Å². The predicted molar refractivity (Wildman–Crippen MR) is 72.5 cm³/mol. The molecule has 2 rings (SSSR count). The highest BCUT2D eigenvalue weighted by molar-refractivity contribution is 5.90. The minimum atomic E-state index is -0.146. The normalized spacial score (nSPS) is 12.1. The number of nitrogens with zero attached hydrogens (tertiary/aromatic N) is 3. The molecule has 0 saturated heterocycles. The van der Waals surface area contributed by atoms with Crippen LogP contribution in [0, 0.1) is 0 Å². The van der Waals surface area contributed by atoms with Crippen LogP contribution in [0.3, 0.4) is 0 Å². The Morgan fingerprint density at radius 3 is 2.89 bits per heavy atom. The van der Waals surface area contributed by atoms with Gasteiger partial charge in [0.25, 0.3) is 0 Å². The number of hydrogen-bond acceptors (Lipinski definition) is 4. The molecule has 1 amide bonds. The van der Waals surface area contributed by atoms with Crippen molar-refractivity contribution in [3.05, 3.63) is 42.5 Å². The van der Waals surface area contributed by atoms with Crippen molar-refractivity contribution in [1.82, 2.24) is 14.8 Å². The van der Waals surface area contributed by atoms with Crippen LogP contribution in [0.25, 0.3) is 0 Å². The second-order valence-electron chi connectivity index (χ2n) is 4.51. The molecule has 1 unspecified atom stereocenters. The maximum absolute atomic E-state index is 11.6. The standard InChI is InChI=1S/C13H17N5O/c1-10(14)6-13(19)17-12-7-16-18(9-12)8-11-2-4-15-5-3-11/h2-5,7,9-10H,6,8,14H2,1H3,(H,17,19). The van der Waals surface area contributed by atoms with Crippen molar-refractivity contribution in [2.24, 2.45) is 5.73 Å². The van der Waals surface area contributed by atoms with Crippen molar-refractivity contribution in [3.8, 4) is 0 Å². The smallest absolute Gasteiger partial charge is 0.226 e. The third kappa shape index (κ3) is 4.18. The summed E-state index contributed by atoms with van der Waals surface area (Å²) in [6.45, 7) is 2.44. The van der Waals surface area contributed by atoms with Gasteiger partial charge in [-0.05, 0) is 24.6 Å². The number of pyridine rings is 1. The quantitative estimate of drug-likeness (QED) is 0.838. The monoisotopic (exact) mass is 259 g/mol. The summed E-state index contributed by atoms with van der Waals surface area (Å²) in [4.78, 5) is 15.5. The molecule has 1 atom stereocenters. The fourth-order valence-corrected chi connectivity index (χ4v) is 1.69. The van der Waals surface area contributed by atoms with Crippen LogP contribution in [-0.4, -0.2) is 26.7 Å². The van der Waals surface area contributed by atoms with Gasteiger partial charge >= 0.3 is 0 Å². The lowest BCUT2D eigenvalue weighted by Crippen LogP contribution is -2.23. The summed E-state index contributed by atoms with van der Waals surface area (Å²) < 4.78 is 1.76. The summed E-state index contributed by atoms with van der Waals surface area (Å²) in [5, 5.41) is 6.96. The lowest BCUT2D eigenvalue weighted by molar-refractivity contribution is -0.116. The van der Waals surface area contributed by atoms with Gasteiger partial charge in [0.1, 0.15) is 0 Å². The number of carbonyl (C=O) groups excluding carboxylic acids is 1. The van der Waals surface area contributed by atoms with E-state index in [0.717, 1.165) is 5.56 Å². The largest absolute Gasteiger partial charge is 0.327 e. The minimum absolute atomic E-state index is 0.0986. The van der Waals surface area contributed by atoms with Gasteiger partial charge in [0, 0.05) is 31.1 Å². The van der Waals surface area contributed by atoms with Crippen molar-refractivity contribution < 1.29 is 4.79 Å². The van der Waals surface area contributed by atoms with Crippen molar-refractivity contribution in [1.29, 1.82) is 0 Å². The third-order valence-electron chi connectivity index (χ3n) is 2.52. The Hall–Kier alpha value is -2.21. The Kier molecular flexibility index (Phi) is 4.25. The first kappa shape index (κ1) is 13.2. The highest BCUT2D eigenvalue weighted by Gasteiger charge is 2.07. The number of aromatic nitrogens is 3. The van der Waals surface area contributed by atoms with Gasteiger partial charge in [0.15, 0.2) is 0 Å². The van der Waals surface area contributed by atoms with Crippen molar-refractivity contribution in [2.75, 3.05) is 5.32 Å². The fourth-order valence-electron chi connectivity index (χ4n) is 1.69. The summed E-state index contributed by atoms with van der Waals surface area (Å²) in [7, 11) is 0. The molecule has 0 spiro atoms. The molecule has 0 aromatic carbocycles. The molecule has 0 bridgehead atoms. The van der Waals surface area contributed by atoms with Crippen LogP contribution < -0.4 is 11.1 Å². The van der Waals surface area contributed by atoms with Gasteiger partial charge in [-0.1, -0.05) is 0 Å². The molecule has 2 aromatic rings. The van der Waals surface area contributed by atoms with Crippen molar-refractivity contribution in [2.45, 2.75) is 25.9 Å². The van der Waals surface area contributed by atoms with Crippen LogP contribution in [0.5, 0.6) is 0 Å². The zero-order chi connectivity index (χ0) is 13.7. The van der Waals surface area contributed by atoms with Gasteiger partial charge in [-0.3, -0.25) is 14.5 Å². The molecule has 0 aliphatic carbocycles. The van der Waals surface area contributed by atoms with Crippen LogP contribution in [0.4, 0.5) is 5.69 Å². The molecular weight excluding hydrogens is 242 g/mol. The van der Waals surface area contributed by atoms with Gasteiger partial charge in [0.05, 0.1) is 18.4 Å². The molecule has 3 N–H and O–H groups in total. The van der Waals surface area contributed by atoms with E-state index in [1.165, 1.54) is 0 Å². The summed E-state index contributed by atoms with van der Waals surface area (Å²) in [6, 6.07) is 3.71. The molecule has 0 saturated carbocycles. The number of amides is 1. The average Bonchev–Trinajstić information content (AvgIpc) is 2.76. The van der Waals surface area contributed by atoms with Crippen molar-refractivity contribution in [3.63, 3.8) is 0 Å². The minimum Gasteiger partial charge on any atom is -0.327 e. The number of carbonyl (C=O) groups is 1. The van der Waals surface area contributed by atoms with Gasteiger partial charge in [-0.2, -0.15) is 5.10 Å². The summed E-state index contributed by atoms with van der Waals surface area (Å²) in [6.07, 6.45) is 7.20. The van der Waals surface area contributed by atoms with Gasteiger partial charge < -0.3 is 11.1 Å². The summed E-state index contributed by atoms with van der Waals surface area (Å²) in [5.74, 6) is -0.0986. The summed E-state index contributed by atoms with van der Waals surface area (Å²) >= 11 is 0. The second-order valence-corrected chi connectivity index (χ2v) is 4.51. The van der Waals surface area contributed by atoms with E-state index in [2.05, 4.69) is 15.4 Å². The average molecular weight is 259 g/mol. The topological polar surface area (TPSA) is 85.8 Å². The highest BCUT2D eigenvalue weighted by Crippen LogP contribution is 2.08. The Labute approximate surface area is 111 Å². The zero-order valence-electron chi connectivity index (χ0n) is 10.8. The second kappa shape index (κ2) is 6.10. The van der Waals surface area contributed by atoms with Gasteiger partial charge in [-0.25, -0.2) is 0 Å². The number of hydrogen-bond donors (Lipinski definition) is 2. The molecule has 19 heavy (non-hydrogen) atoms. The SMILES string of the molecule is CC(N)CC(=O)Nc1cnn(Cc2ccncc2)c1. The molecule has 2 aromatic heterocycles. The van der Waals surface area contributed by atoms with E-state index in [0.29, 0.717) is 18.7 Å². The van der Waals surface area contributed by atoms with E-state index in [1.807, 2.05) is 12.1 Å². The molecule has 0 aliphatic heterocycles. The number of nitrogens with two attached hydrogens (primary N) is 1. The third-order valence-corrected chi connectivity index (χ3v) is 2.52. The molecule has 0 aliphatic rings. The molecule has 2 heterocycles. The molecule has 100 valence electrons. The lowest BCUT2D eigenvalue weighted by Gasteiger charge is -2.04. The zero-order valence-corrected chi connectivity index (χ0v) is 10.8. The van der Waals surface area contributed by atoms with Crippen LogP contribution >= 0.6 is 0 Å². The Balaban J connectivity index is 1.94. The lowest BCUT2D eigenvalue weighted by atomic mass is 10.2. The highest BCUT2D eigenvalue weighted by atomic mass is 16.1. The van der Waals surface area contributed by atoms with Crippen molar-refractivity contribution >= 4 is 11.6 Å². The van der Waals surface area contributed by atoms with Crippen LogP contribution in [0.2, 0.25) is 0 Å². The van der Waals surface area contributed by atoms with Crippen LogP contribution in [0.15, 0.2) is 36.9 Å². The first-order valence-corrected chi connectivity index (χ1v) is 6.10. The Morgan fingerprint density at radius 2 is 2.21 bits per heavy atom. The number of anilines is 1. The van der Waals surface area contributed by atoms with Gasteiger partial charge in [-0.15, -0.1) is 0 Å². The first-order valence-electron chi connectivity index (χ1n) is 6.10. The maximum Gasteiger partial charge on any atom is 0.226 e. The number of rotatable bonds is 5. The predicted octanol–water partition coefficient (Wildman–Crippen LogP) is 1.00. The Bertz CT molecular complexity index is 535. The first-order chi connectivity index (χ1) is 9.13. The molecule has 0 radical (unpaired) electrons. The van der Waals surface area contributed by atoms with E-state index in [9.17, 15) is 4.79 Å². The summed E-state index contributed by atoms with van der Waals surface area (Å²) in [5.41, 5.74) is 7.35. The Morgan fingerprint density at radius 1 is 1.47 bits per heavy atom. The van der Waals surface area contributed by atoms with Crippen LogP contribution in [0.1, 0.15) is 18.9 Å². The fraction of sp³-hybridized carbons (Fsp3) is 0.308. The number of nitrogens with one attached hydrogen (secondary N) is 1. The van der Waals surface area contributed by atoms with E-state index in [4.69, 9.17) is 5.73 Å². The van der Waals surface area contributed by atoms with Crippen LogP contribution in [-0.2, 0) is 11.3 Å². The molecule has 0 fully saturated rings. The van der Waals surface area contributed by atoms with E-state index in [-0.39, 0.29) is 11.9 Å².